The van der Waals surface area contributed by atoms with Crippen molar-refractivity contribution in [1.29, 1.82) is 0 Å². The topological polar surface area (TPSA) is 55.4 Å². The molecular formula is C24H26ClNO3. The molecule has 29 heavy (non-hydrogen) atoms. The largest absolute Gasteiger partial charge is 0.384 e. The molecule has 152 valence electrons. The first-order chi connectivity index (χ1) is 13.9. The number of benzene rings is 2. The van der Waals surface area contributed by atoms with Crippen LogP contribution in [0.5, 0.6) is 0 Å². The van der Waals surface area contributed by atoms with Crippen LogP contribution in [0, 0.1) is 12.8 Å². The number of methoxy groups -OCH3 is 1. The van der Waals surface area contributed by atoms with Crippen LogP contribution in [0.3, 0.4) is 0 Å². The highest BCUT2D eigenvalue weighted by molar-refractivity contribution is 6.30. The summed E-state index contributed by atoms with van der Waals surface area (Å²) in [6, 6.07) is 13.6. The number of nitrogens with one attached hydrogen (secondary N) is 1. The van der Waals surface area contributed by atoms with E-state index >= 15 is 0 Å². The van der Waals surface area contributed by atoms with Gasteiger partial charge in [0.1, 0.15) is 5.92 Å². The first kappa shape index (κ1) is 20.1. The highest BCUT2D eigenvalue weighted by atomic mass is 35.5. The van der Waals surface area contributed by atoms with Crippen molar-refractivity contribution in [2.45, 2.75) is 44.1 Å². The fourth-order valence-electron chi connectivity index (χ4n) is 4.76. The van der Waals surface area contributed by atoms with Crippen molar-refractivity contribution < 1.29 is 14.3 Å². The predicted molar refractivity (Wildman–Crippen MR) is 114 cm³/mol. The lowest BCUT2D eigenvalue weighted by molar-refractivity contribution is -0.126. The number of carbonyl (C=O) groups excluding carboxylic acids is 2. The molecule has 1 amide bonds. The minimum atomic E-state index is -0.735. The Kier molecular flexibility index (Phi) is 5.50. The van der Waals surface area contributed by atoms with Crippen molar-refractivity contribution in [3.63, 3.8) is 0 Å². The van der Waals surface area contributed by atoms with Crippen LogP contribution < -0.4 is 5.32 Å². The standard InChI is InChI=1S/C24H26ClNO3/c1-15-3-4-18(17-5-7-19(25)8-6-17)13-20(15)21-22(27)24(26-23(21)28)11-9-16(10-12-24)14-29-2/h3-8,13,16,21H,9-12,14H2,1-2H3,(H,26,28). The van der Waals surface area contributed by atoms with Crippen molar-refractivity contribution in [3.05, 3.63) is 58.6 Å². The lowest BCUT2D eigenvalue weighted by atomic mass is 9.73. The van der Waals surface area contributed by atoms with Gasteiger partial charge in [-0.3, -0.25) is 9.59 Å². The van der Waals surface area contributed by atoms with Crippen LogP contribution in [0.4, 0.5) is 0 Å². The Morgan fingerprint density at radius 2 is 1.72 bits per heavy atom. The molecule has 1 unspecified atom stereocenters. The van der Waals surface area contributed by atoms with Crippen molar-refractivity contribution in [2.24, 2.45) is 5.92 Å². The van der Waals surface area contributed by atoms with Crippen LogP contribution in [-0.4, -0.2) is 30.9 Å². The normalized spacial score (nSPS) is 26.7. The van der Waals surface area contributed by atoms with E-state index in [-0.39, 0.29) is 11.7 Å². The molecule has 2 aromatic rings. The van der Waals surface area contributed by atoms with Crippen LogP contribution in [0.25, 0.3) is 11.1 Å². The van der Waals surface area contributed by atoms with Gasteiger partial charge in [-0.05, 0) is 79.0 Å². The molecule has 4 rings (SSSR count). The maximum absolute atomic E-state index is 13.5. The fourth-order valence-corrected chi connectivity index (χ4v) is 4.89. The second-order valence-corrected chi connectivity index (χ2v) is 8.78. The summed E-state index contributed by atoms with van der Waals surface area (Å²) in [6.07, 6.45) is 3.18. The van der Waals surface area contributed by atoms with E-state index < -0.39 is 11.5 Å². The van der Waals surface area contributed by atoms with E-state index in [2.05, 4.69) is 5.32 Å². The Morgan fingerprint density at radius 3 is 2.38 bits per heavy atom. The summed E-state index contributed by atoms with van der Waals surface area (Å²) in [4.78, 5) is 26.4. The molecular weight excluding hydrogens is 386 g/mol. The summed E-state index contributed by atoms with van der Waals surface area (Å²) in [5, 5.41) is 3.76. The van der Waals surface area contributed by atoms with E-state index in [9.17, 15) is 9.59 Å². The minimum absolute atomic E-state index is 0.0229. The molecule has 2 aromatic carbocycles. The van der Waals surface area contributed by atoms with Gasteiger partial charge in [0.05, 0.1) is 5.54 Å². The molecule has 4 nitrogen and oxygen atoms in total. The Labute approximate surface area is 176 Å². The average molecular weight is 412 g/mol. The Balaban J connectivity index is 1.63. The second-order valence-electron chi connectivity index (χ2n) is 8.35. The molecule has 1 saturated heterocycles. The van der Waals surface area contributed by atoms with E-state index in [0.717, 1.165) is 35.1 Å². The molecule has 1 N–H and O–H groups in total. The number of carbonyl (C=O) groups is 2. The van der Waals surface area contributed by atoms with Gasteiger partial charge in [0.2, 0.25) is 5.91 Å². The van der Waals surface area contributed by atoms with E-state index in [1.54, 1.807) is 7.11 Å². The van der Waals surface area contributed by atoms with Gasteiger partial charge < -0.3 is 10.1 Å². The molecule has 0 radical (unpaired) electrons. The zero-order valence-corrected chi connectivity index (χ0v) is 17.6. The van der Waals surface area contributed by atoms with E-state index in [1.807, 2.05) is 49.4 Å². The summed E-state index contributed by atoms with van der Waals surface area (Å²) in [6.45, 7) is 2.67. The number of ketones is 1. The van der Waals surface area contributed by atoms with Gasteiger partial charge >= 0.3 is 0 Å². The van der Waals surface area contributed by atoms with Gasteiger partial charge in [0, 0.05) is 18.7 Å². The third-order valence-electron chi connectivity index (χ3n) is 6.49. The highest BCUT2D eigenvalue weighted by Crippen LogP contribution is 2.42. The number of rotatable bonds is 4. The summed E-state index contributed by atoms with van der Waals surface area (Å²) >= 11 is 6.00. The molecule has 0 aromatic heterocycles. The molecule has 1 saturated carbocycles. The quantitative estimate of drug-likeness (QED) is 0.743. The van der Waals surface area contributed by atoms with Crippen LogP contribution in [0.15, 0.2) is 42.5 Å². The van der Waals surface area contributed by atoms with Gasteiger partial charge in [-0.25, -0.2) is 0 Å². The van der Waals surface area contributed by atoms with Crippen LogP contribution >= 0.6 is 11.6 Å². The van der Waals surface area contributed by atoms with Crippen LogP contribution in [0.2, 0.25) is 5.02 Å². The van der Waals surface area contributed by atoms with Crippen molar-refractivity contribution >= 4 is 23.3 Å². The summed E-state index contributed by atoms with van der Waals surface area (Å²) < 4.78 is 5.27. The monoisotopic (exact) mass is 411 g/mol. The number of hydrogen-bond acceptors (Lipinski definition) is 3. The predicted octanol–water partition coefficient (Wildman–Crippen LogP) is 4.67. The highest BCUT2D eigenvalue weighted by Gasteiger charge is 2.54. The average Bonchev–Trinajstić information content (AvgIpc) is 2.95. The van der Waals surface area contributed by atoms with Gasteiger partial charge in [-0.15, -0.1) is 0 Å². The van der Waals surface area contributed by atoms with Crippen LogP contribution in [0.1, 0.15) is 42.7 Å². The maximum Gasteiger partial charge on any atom is 0.235 e. The fraction of sp³-hybridized carbons (Fsp3) is 0.417. The molecule has 1 aliphatic carbocycles. The van der Waals surface area contributed by atoms with Crippen LogP contribution in [-0.2, 0) is 14.3 Å². The summed E-state index contributed by atoms with van der Waals surface area (Å²) in [5.74, 6) is -0.420. The van der Waals surface area contributed by atoms with Gasteiger partial charge in [0.15, 0.2) is 5.78 Å². The van der Waals surface area contributed by atoms with Gasteiger partial charge in [-0.2, -0.15) is 0 Å². The van der Waals surface area contributed by atoms with E-state index in [0.29, 0.717) is 30.4 Å². The van der Waals surface area contributed by atoms with Gasteiger partial charge in [0.25, 0.3) is 0 Å². The summed E-state index contributed by atoms with van der Waals surface area (Å²) in [5.41, 5.74) is 3.04. The smallest absolute Gasteiger partial charge is 0.235 e. The molecule has 0 bridgehead atoms. The molecule has 1 atom stereocenters. The second kappa shape index (κ2) is 7.92. The number of Topliss-reactive ketones (excluding diaryl/α,β-unsaturated/α-hetero) is 1. The Morgan fingerprint density at radius 1 is 1.07 bits per heavy atom. The van der Waals surface area contributed by atoms with E-state index in [4.69, 9.17) is 16.3 Å². The number of halogens is 1. The van der Waals surface area contributed by atoms with Crippen molar-refractivity contribution in [1.82, 2.24) is 5.32 Å². The number of ether oxygens (including phenoxy) is 1. The number of amides is 1. The van der Waals surface area contributed by atoms with E-state index in [1.165, 1.54) is 0 Å². The zero-order valence-electron chi connectivity index (χ0n) is 16.8. The Bertz CT molecular complexity index is 930. The SMILES string of the molecule is COCC1CCC2(CC1)NC(=O)C(c1cc(-c3ccc(Cl)cc3)ccc1C)C2=O. The lowest BCUT2D eigenvalue weighted by Gasteiger charge is -2.35. The Hall–Kier alpha value is -2.17. The first-order valence-electron chi connectivity index (χ1n) is 10.2. The third kappa shape index (κ3) is 3.72. The maximum atomic E-state index is 13.5. The third-order valence-corrected chi connectivity index (χ3v) is 6.74. The van der Waals surface area contributed by atoms with Gasteiger partial charge in [-0.1, -0.05) is 35.9 Å². The molecule has 2 aliphatic rings. The molecule has 1 spiro atoms. The first-order valence-corrected chi connectivity index (χ1v) is 10.5. The molecule has 1 heterocycles. The number of hydrogen-bond donors (Lipinski definition) is 1. The van der Waals surface area contributed by atoms with Crippen molar-refractivity contribution in [3.8, 4) is 11.1 Å². The molecule has 2 fully saturated rings. The summed E-state index contributed by atoms with van der Waals surface area (Å²) in [7, 11) is 1.71. The minimum Gasteiger partial charge on any atom is -0.384 e. The molecule has 5 heteroatoms. The molecule has 1 aliphatic heterocycles. The van der Waals surface area contributed by atoms with Crippen molar-refractivity contribution in [2.75, 3.05) is 13.7 Å². The lowest BCUT2D eigenvalue weighted by Crippen LogP contribution is -2.49. The number of aryl methyl sites for hydroxylation is 1. The zero-order chi connectivity index (χ0) is 20.6.